The molecule has 1 aliphatic heterocycles. The van der Waals surface area contributed by atoms with Gasteiger partial charge in [-0.2, -0.15) is 4.98 Å². The molecule has 1 saturated heterocycles. The van der Waals surface area contributed by atoms with Gasteiger partial charge in [-0.3, -0.25) is 4.79 Å². The molecule has 0 spiro atoms. The average Bonchev–Trinajstić information content (AvgIpc) is 2.61. The number of carbonyl (C=O) groups is 1. The summed E-state index contributed by atoms with van der Waals surface area (Å²) < 4.78 is 19.4. The van der Waals surface area contributed by atoms with Crippen LogP contribution in [-0.4, -0.2) is 23.9 Å². The Kier molecular flexibility index (Phi) is 4.71. The SMILES string of the molecule is [C-]#[N+]c1ccc(COc2cccc(N3CCC(=O)CC3)n2)c(F)c1. The van der Waals surface area contributed by atoms with Crippen LogP contribution in [0.2, 0.25) is 0 Å². The summed E-state index contributed by atoms with van der Waals surface area (Å²) in [5.74, 6) is 0.966. The second-order valence-corrected chi connectivity index (χ2v) is 5.54. The van der Waals surface area contributed by atoms with E-state index in [9.17, 15) is 9.18 Å². The molecule has 2 heterocycles. The fourth-order valence-corrected chi connectivity index (χ4v) is 2.52. The summed E-state index contributed by atoms with van der Waals surface area (Å²) in [4.78, 5) is 21.0. The first-order valence-corrected chi connectivity index (χ1v) is 7.68. The van der Waals surface area contributed by atoms with Gasteiger partial charge in [-0.25, -0.2) is 9.24 Å². The number of hydrogen-bond donors (Lipinski definition) is 0. The van der Waals surface area contributed by atoms with Crippen molar-refractivity contribution in [3.8, 4) is 5.88 Å². The highest BCUT2D eigenvalue weighted by molar-refractivity contribution is 5.80. The second-order valence-electron chi connectivity index (χ2n) is 5.54. The van der Waals surface area contributed by atoms with Crippen molar-refractivity contribution in [1.82, 2.24) is 4.98 Å². The summed E-state index contributed by atoms with van der Waals surface area (Å²) in [5, 5.41) is 0. The van der Waals surface area contributed by atoms with Gasteiger partial charge in [0.1, 0.15) is 24.0 Å². The number of hydrogen-bond acceptors (Lipinski definition) is 4. The molecule has 1 aliphatic rings. The highest BCUT2D eigenvalue weighted by atomic mass is 19.1. The molecule has 1 aromatic heterocycles. The Hall–Kier alpha value is -2.94. The molecule has 0 bridgehead atoms. The van der Waals surface area contributed by atoms with Crippen LogP contribution in [0.25, 0.3) is 4.85 Å². The Morgan fingerprint density at radius 2 is 2.04 bits per heavy atom. The number of ether oxygens (including phenoxy) is 1. The third-order valence-corrected chi connectivity index (χ3v) is 3.90. The summed E-state index contributed by atoms with van der Waals surface area (Å²) in [6.45, 7) is 8.22. The van der Waals surface area contributed by atoms with Crippen LogP contribution in [0.3, 0.4) is 0 Å². The minimum absolute atomic E-state index is 0.0407. The van der Waals surface area contributed by atoms with Gasteiger partial charge >= 0.3 is 0 Å². The highest BCUT2D eigenvalue weighted by Gasteiger charge is 2.17. The predicted octanol–water partition coefficient (Wildman–Crippen LogP) is 3.52. The lowest BCUT2D eigenvalue weighted by molar-refractivity contribution is -0.119. The van der Waals surface area contributed by atoms with Gasteiger partial charge in [0.25, 0.3) is 0 Å². The van der Waals surface area contributed by atoms with E-state index in [2.05, 4.69) is 9.83 Å². The van der Waals surface area contributed by atoms with Crippen molar-refractivity contribution in [2.75, 3.05) is 18.0 Å². The number of halogens is 1. The Morgan fingerprint density at radius 3 is 2.75 bits per heavy atom. The molecule has 5 nitrogen and oxygen atoms in total. The number of anilines is 1. The van der Waals surface area contributed by atoms with Gasteiger partial charge in [0.2, 0.25) is 5.88 Å². The van der Waals surface area contributed by atoms with E-state index >= 15 is 0 Å². The zero-order chi connectivity index (χ0) is 16.9. The maximum absolute atomic E-state index is 13.9. The van der Waals surface area contributed by atoms with Gasteiger partial charge in [-0.15, -0.1) is 0 Å². The number of nitrogens with zero attached hydrogens (tertiary/aromatic N) is 3. The second kappa shape index (κ2) is 7.09. The smallest absolute Gasteiger partial charge is 0.215 e. The Balaban J connectivity index is 1.67. The van der Waals surface area contributed by atoms with Crippen LogP contribution in [-0.2, 0) is 11.4 Å². The first-order valence-electron chi connectivity index (χ1n) is 7.68. The van der Waals surface area contributed by atoms with Gasteiger partial charge in [0.15, 0.2) is 5.69 Å². The maximum atomic E-state index is 13.9. The van der Waals surface area contributed by atoms with Crippen LogP contribution in [0.15, 0.2) is 36.4 Å². The third kappa shape index (κ3) is 3.69. The van der Waals surface area contributed by atoms with Crippen molar-refractivity contribution in [3.63, 3.8) is 0 Å². The number of carbonyl (C=O) groups excluding carboxylic acids is 1. The zero-order valence-corrected chi connectivity index (χ0v) is 13.0. The van der Waals surface area contributed by atoms with Crippen molar-refractivity contribution in [1.29, 1.82) is 0 Å². The van der Waals surface area contributed by atoms with Gasteiger partial charge in [0, 0.05) is 37.6 Å². The fraction of sp³-hybridized carbons (Fsp3) is 0.278. The van der Waals surface area contributed by atoms with E-state index in [0.717, 1.165) is 5.82 Å². The fourth-order valence-electron chi connectivity index (χ4n) is 2.52. The molecule has 6 heteroatoms. The van der Waals surface area contributed by atoms with Crippen LogP contribution < -0.4 is 9.64 Å². The molecular formula is C18H16FN3O2. The molecule has 0 aliphatic carbocycles. The number of aromatic nitrogens is 1. The summed E-state index contributed by atoms with van der Waals surface area (Å²) in [6.07, 6.45) is 1.07. The standard InChI is InChI=1S/C18H16FN3O2/c1-20-14-6-5-13(16(19)11-14)12-24-18-4-2-3-17(21-18)22-9-7-15(23)8-10-22/h2-6,11H,7-10,12H2. The van der Waals surface area contributed by atoms with Crippen molar-refractivity contribution < 1.29 is 13.9 Å². The van der Waals surface area contributed by atoms with Crippen LogP contribution in [0, 0.1) is 12.4 Å². The molecule has 0 unspecified atom stereocenters. The number of benzene rings is 1. The van der Waals surface area contributed by atoms with E-state index in [-0.39, 0.29) is 18.1 Å². The molecule has 2 aromatic rings. The molecule has 0 amide bonds. The first kappa shape index (κ1) is 15.9. The van der Waals surface area contributed by atoms with E-state index in [4.69, 9.17) is 11.3 Å². The molecular weight excluding hydrogens is 309 g/mol. The van der Waals surface area contributed by atoms with E-state index < -0.39 is 5.82 Å². The first-order chi connectivity index (χ1) is 11.7. The van der Waals surface area contributed by atoms with Crippen LogP contribution in [0.1, 0.15) is 18.4 Å². The molecule has 1 aromatic carbocycles. The Labute approximate surface area is 139 Å². The lowest BCUT2D eigenvalue weighted by atomic mass is 10.1. The third-order valence-electron chi connectivity index (χ3n) is 3.90. The predicted molar refractivity (Wildman–Crippen MR) is 87.7 cm³/mol. The van der Waals surface area contributed by atoms with Gasteiger partial charge in [-0.05, 0) is 12.1 Å². The number of Topliss-reactive ketones (excluding diaryl/α,β-unsaturated/α-hetero) is 1. The summed E-state index contributed by atoms with van der Waals surface area (Å²) >= 11 is 0. The van der Waals surface area contributed by atoms with Crippen molar-refractivity contribution in [2.24, 2.45) is 0 Å². The largest absolute Gasteiger partial charge is 0.473 e. The lowest BCUT2D eigenvalue weighted by Gasteiger charge is -2.27. The maximum Gasteiger partial charge on any atom is 0.215 e. The average molecular weight is 325 g/mol. The minimum atomic E-state index is -0.464. The Morgan fingerprint density at radius 1 is 1.25 bits per heavy atom. The molecule has 0 N–H and O–H groups in total. The number of piperidine rings is 1. The van der Waals surface area contributed by atoms with Gasteiger partial charge < -0.3 is 9.64 Å². The van der Waals surface area contributed by atoms with E-state index in [1.54, 1.807) is 18.2 Å². The molecule has 1 fully saturated rings. The lowest BCUT2D eigenvalue weighted by Crippen LogP contribution is -2.34. The topological polar surface area (TPSA) is 46.8 Å². The van der Waals surface area contributed by atoms with Gasteiger partial charge in [-0.1, -0.05) is 18.2 Å². The summed E-state index contributed by atoms with van der Waals surface area (Å²) in [5.41, 5.74) is 0.634. The van der Waals surface area contributed by atoms with E-state index in [1.165, 1.54) is 6.07 Å². The number of pyridine rings is 1. The van der Waals surface area contributed by atoms with Gasteiger partial charge in [0.05, 0.1) is 6.57 Å². The van der Waals surface area contributed by atoms with E-state index in [1.807, 2.05) is 17.0 Å². The molecule has 0 radical (unpaired) electrons. The Bertz CT molecular complexity index is 791. The van der Waals surface area contributed by atoms with Crippen molar-refractivity contribution in [3.05, 3.63) is 59.2 Å². The molecule has 3 rings (SSSR count). The minimum Gasteiger partial charge on any atom is -0.473 e. The number of ketones is 1. The monoisotopic (exact) mass is 325 g/mol. The van der Waals surface area contributed by atoms with Crippen LogP contribution in [0.5, 0.6) is 5.88 Å². The number of rotatable bonds is 4. The van der Waals surface area contributed by atoms with Crippen molar-refractivity contribution in [2.45, 2.75) is 19.4 Å². The zero-order valence-electron chi connectivity index (χ0n) is 13.0. The quantitative estimate of drug-likeness (QED) is 0.807. The summed E-state index contributed by atoms with van der Waals surface area (Å²) in [7, 11) is 0. The van der Waals surface area contributed by atoms with Crippen LogP contribution >= 0.6 is 0 Å². The molecule has 0 atom stereocenters. The highest BCUT2D eigenvalue weighted by Crippen LogP contribution is 2.21. The van der Waals surface area contributed by atoms with Crippen molar-refractivity contribution >= 4 is 17.3 Å². The molecule has 122 valence electrons. The normalized spacial score (nSPS) is 14.3. The summed E-state index contributed by atoms with van der Waals surface area (Å²) in [6, 6.07) is 9.71. The van der Waals surface area contributed by atoms with E-state index in [0.29, 0.717) is 37.4 Å². The molecule has 24 heavy (non-hydrogen) atoms. The molecule has 0 saturated carbocycles. The van der Waals surface area contributed by atoms with Crippen LogP contribution in [0.4, 0.5) is 15.9 Å².